The van der Waals surface area contributed by atoms with Crippen molar-refractivity contribution in [2.45, 2.75) is 102 Å². The molecule has 21 heavy (non-hydrogen) atoms. The average molecular weight is 302 g/mol. The van der Waals surface area contributed by atoms with Crippen LogP contribution in [0.5, 0.6) is 0 Å². The lowest BCUT2D eigenvalue weighted by Gasteiger charge is -2.06. The van der Waals surface area contributed by atoms with Crippen molar-refractivity contribution in [2.24, 2.45) is 0 Å². The number of aliphatic hydroxyl groups is 3. The van der Waals surface area contributed by atoms with Crippen molar-refractivity contribution in [1.29, 1.82) is 0 Å². The molecule has 0 aromatic carbocycles. The second kappa shape index (κ2) is 17.9. The molecule has 0 bridgehead atoms. The molecule has 0 aliphatic carbocycles. The maximum absolute atomic E-state index is 9.20. The topological polar surface area (TPSA) is 60.7 Å². The van der Waals surface area contributed by atoms with Gasteiger partial charge in [0.25, 0.3) is 0 Å². The van der Waals surface area contributed by atoms with Gasteiger partial charge in [-0.2, -0.15) is 0 Å². The largest absolute Gasteiger partial charge is 0.396 e. The normalized spacial score (nSPS) is 12.7. The Bertz CT molecular complexity index is 185. The maximum atomic E-state index is 9.20. The Hall–Kier alpha value is -0.120. The van der Waals surface area contributed by atoms with E-state index in [2.05, 4.69) is 0 Å². The fraction of sp³-hybridized carbons (Fsp3) is 1.00. The molecule has 128 valence electrons. The zero-order valence-corrected chi connectivity index (χ0v) is 13.9. The quantitative estimate of drug-likeness (QED) is 0.353. The fourth-order valence-corrected chi connectivity index (χ4v) is 2.70. The van der Waals surface area contributed by atoms with E-state index in [1.807, 2.05) is 0 Å². The van der Waals surface area contributed by atoms with Crippen molar-refractivity contribution in [1.82, 2.24) is 0 Å². The minimum atomic E-state index is -0.506. The molecule has 0 aliphatic heterocycles. The summed E-state index contributed by atoms with van der Waals surface area (Å²) in [6.07, 6.45) is 18.0. The lowest BCUT2D eigenvalue weighted by atomic mass is 10.0. The zero-order chi connectivity index (χ0) is 15.6. The Morgan fingerprint density at radius 2 is 0.810 bits per heavy atom. The molecule has 0 saturated heterocycles. The lowest BCUT2D eigenvalue weighted by molar-refractivity contribution is 0.0860. The van der Waals surface area contributed by atoms with E-state index in [9.17, 15) is 5.11 Å². The molecule has 3 heteroatoms. The Morgan fingerprint density at radius 3 is 1.14 bits per heavy atom. The van der Waals surface area contributed by atoms with E-state index in [0.29, 0.717) is 6.61 Å². The van der Waals surface area contributed by atoms with E-state index in [1.54, 1.807) is 0 Å². The molecule has 1 unspecified atom stereocenters. The second-order valence-electron chi connectivity index (χ2n) is 6.30. The van der Waals surface area contributed by atoms with Crippen LogP contribution in [0.4, 0.5) is 0 Å². The average Bonchev–Trinajstić information content (AvgIpc) is 2.50. The SMILES string of the molecule is OCCCCCCCCCCCCCCCCC(O)CO. The molecule has 3 nitrogen and oxygen atoms in total. The summed E-state index contributed by atoms with van der Waals surface area (Å²) in [5, 5.41) is 26.6. The number of unbranched alkanes of at least 4 members (excludes halogenated alkanes) is 13. The van der Waals surface area contributed by atoms with Crippen molar-refractivity contribution >= 4 is 0 Å². The molecule has 0 aromatic rings. The van der Waals surface area contributed by atoms with Gasteiger partial charge < -0.3 is 15.3 Å². The van der Waals surface area contributed by atoms with Gasteiger partial charge in [-0.15, -0.1) is 0 Å². The molecule has 0 fully saturated rings. The minimum Gasteiger partial charge on any atom is -0.396 e. The second-order valence-corrected chi connectivity index (χ2v) is 6.30. The van der Waals surface area contributed by atoms with Gasteiger partial charge in [-0.3, -0.25) is 0 Å². The van der Waals surface area contributed by atoms with E-state index in [4.69, 9.17) is 10.2 Å². The summed E-state index contributed by atoms with van der Waals surface area (Å²) >= 11 is 0. The smallest absolute Gasteiger partial charge is 0.0770 e. The van der Waals surface area contributed by atoms with Crippen LogP contribution in [0.15, 0.2) is 0 Å². The van der Waals surface area contributed by atoms with Gasteiger partial charge in [-0.05, 0) is 12.8 Å². The third kappa shape index (κ3) is 17.8. The highest BCUT2D eigenvalue weighted by molar-refractivity contribution is 4.54. The Labute approximate surface area is 131 Å². The van der Waals surface area contributed by atoms with E-state index in [-0.39, 0.29) is 6.61 Å². The van der Waals surface area contributed by atoms with Gasteiger partial charge in [0.15, 0.2) is 0 Å². The maximum Gasteiger partial charge on any atom is 0.0770 e. The van der Waals surface area contributed by atoms with Crippen molar-refractivity contribution in [3.05, 3.63) is 0 Å². The molecule has 1 atom stereocenters. The Morgan fingerprint density at radius 1 is 0.476 bits per heavy atom. The van der Waals surface area contributed by atoms with Crippen molar-refractivity contribution in [3.63, 3.8) is 0 Å². The Balaban J connectivity index is 2.96. The standard InChI is InChI=1S/C18H38O3/c19-16-14-12-10-8-6-4-2-1-3-5-7-9-11-13-15-18(21)17-20/h18-21H,1-17H2. The van der Waals surface area contributed by atoms with Crippen LogP contribution in [0.25, 0.3) is 0 Å². The van der Waals surface area contributed by atoms with Crippen LogP contribution in [0.1, 0.15) is 96.3 Å². The highest BCUT2D eigenvalue weighted by Gasteiger charge is 2.00. The first-order valence-corrected chi connectivity index (χ1v) is 9.21. The number of aliphatic hydroxyl groups excluding tert-OH is 3. The number of hydrogen-bond acceptors (Lipinski definition) is 3. The van der Waals surface area contributed by atoms with Gasteiger partial charge in [-0.25, -0.2) is 0 Å². The zero-order valence-electron chi connectivity index (χ0n) is 13.9. The molecule has 3 N–H and O–H groups in total. The molecule has 0 rings (SSSR count). The molecule has 0 saturated carbocycles. The van der Waals surface area contributed by atoms with Crippen molar-refractivity contribution in [2.75, 3.05) is 13.2 Å². The van der Waals surface area contributed by atoms with Crippen LogP contribution in [0, 0.1) is 0 Å². The summed E-state index contributed by atoms with van der Waals surface area (Å²) in [7, 11) is 0. The predicted molar refractivity (Wildman–Crippen MR) is 89.4 cm³/mol. The molecule has 0 aromatic heterocycles. The van der Waals surface area contributed by atoms with Gasteiger partial charge in [0.1, 0.15) is 0 Å². The van der Waals surface area contributed by atoms with E-state index in [0.717, 1.165) is 19.3 Å². The van der Waals surface area contributed by atoms with Gasteiger partial charge in [0.2, 0.25) is 0 Å². The van der Waals surface area contributed by atoms with Crippen LogP contribution in [0.3, 0.4) is 0 Å². The van der Waals surface area contributed by atoms with Crippen molar-refractivity contribution < 1.29 is 15.3 Å². The monoisotopic (exact) mass is 302 g/mol. The third-order valence-electron chi connectivity index (χ3n) is 4.16. The van der Waals surface area contributed by atoms with Gasteiger partial charge in [-0.1, -0.05) is 83.5 Å². The molecular formula is C18H38O3. The van der Waals surface area contributed by atoms with Crippen LogP contribution < -0.4 is 0 Å². The highest BCUT2D eigenvalue weighted by Crippen LogP contribution is 2.13. The van der Waals surface area contributed by atoms with Crippen LogP contribution in [0.2, 0.25) is 0 Å². The highest BCUT2D eigenvalue weighted by atomic mass is 16.3. The molecule has 0 amide bonds. The van der Waals surface area contributed by atoms with E-state index in [1.165, 1.54) is 77.0 Å². The summed E-state index contributed by atoms with van der Waals surface area (Å²) in [6.45, 7) is 0.253. The molecule has 0 heterocycles. The third-order valence-corrected chi connectivity index (χ3v) is 4.16. The van der Waals surface area contributed by atoms with Gasteiger partial charge in [0.05, 0.1) is 12.7 Å². The summed E-state index contributed by atoms with van der Waals surface area (Å²) in [4.78, 5) is 0. The molecule has 0 spiro atoms. The van der Waals surface area contributed by atoms with E-state index >= 15 is 0 Å². The Kier molecular flexibility index (Phi) is 17.8. The summed E-state index contributed by atoms with van der Waals surface area (Å²) < 4.78 is 0. The molecular weight excluding hydrogens is 264 g/mol. The first kappa shape index (κ1) is 20.9. The summed E-state index contributed by atoms with van der Waals surface area (Å²) in [5.41, 5.74) is 0. The van der Waals surface area contributed by atoms with Gasteiger partial charge >= 0.3 is 0 Å². The van der Waals surface area contributed by atoms with Crippen LogP contribution in [-0.4, -0.2) is 34.6 Å². The van der Waals surface area contributed by atoms with E-state index < -0.39 is 6.10 Å². The van der Waals surface area contributed by atoms with Gasteiger partial charge in [0, 0.05) is 6.61 Å². The lowest BCUT2D eigenvalue weighted by Crippen LogP contribution is -2.10. The number of rotatable bonds is 17. The van der Waals surface area contributed by atoms with Crippen LogP contribution in [-0.2, 0) is 0 Å². The predicted octanol–water partition coefficient (Wildman–Crippen LogP) is 4.18. The fourth-order valence-electron chi connectivity index (χ4n) is 2.70. The van der Waals surface area contributed by atoms with Crippen molar-refractivity contribution in [3.8, 4) is 0 Å². The van der Waals surface area contributed by atoms with Crippen LogP contribution >= 0.6 is 0 Å². The first-order chi connectivity index (χ1) is 10.3. The summed E-state index contributed by atoms with van der Waals surface area (Å²) in [6, 6.07) is 0. The summed E-state index contributed by atoms with van der Waals surface area (Å²) in [5.74, 6) is 0. The first-order valence-electron chi connectivity index (χ1n) is 9.21. The molecule has 0 radical (unpaired) electrons. The molecule has 0 aliphatic rings. The minimum absolute atomic E-state index is 0.0958. The number of hydrogen-bond donors (Lipinski definition) is 3.